The minimum absolute atomic E-state index is 0.126. The van der Waals surface area contributed by atoms with Crippen LogP contribution in [0.5, 0.6) is 0 Å². The first kappa shape index (κ1) is 11.7. The molecule has 0 bridgehead atoms. The lowest BCUT2D eigenvalue weighted by Crippen LogP contribution is -2.31. The van der Waals surface area contributed by atoms with E-state index in [1.165, 1.54) is 18.4 Å². The van der Waals surface area contributed by atoms with Gasteiger partial charge in [-0.1, -0.05) is 17.9 Å². The average Bonchev–Trinajstić information content (AvgIpc) is 2.16. The topological polar surface area (TPSA) is 20.2 Å². The zero-order chi connectivity index (χ0) is 10.6. The highest BCUT2D eigenvalue weighted by Crippen LogP contribution is 2.18. The quantitative estimate of drug-likeness (QED) is 0.503. The van der Waals surface area contributed by atoms with Gasteiger partial charge < -0.3 is 5.11 Å². The third kappa shape index (κ3) is 3.40. The van der Waals surface area contributed by atoms with Gasteiger partial charge in [-0.15, -0.1) is 0 Å². The van der Waals surface area contributed by atoms with Gasteiger partial charge in [0, 0.05) is 5.25 Å². The smallest absolute Gasteiger partial charge is 0.134 e. The Morgan fingerprint density at radius 1 is 1.57 bits per heavy atom. The molecule has 78 valence electrons. The Bertz CT molecular complexity index is 278. The number of allylic oxidation sites excluding steroid dienone is 2. The molecule has 1 aliphatic carbocycles. The van der Waals surface area contributed by atoms with Crippen LogP contribution in [0.15, 0.2) is 11.6 Å². The van der Waals surface area contributed by atoms with Crippen LogP contribution >= 0.6 is 12.6 Å². The molecule has 2 heteroatoms. The second kappa shape index (κ2) is 4.91. The standard InChI is InChI=1S/C12H18OS/c1-10(14)12(2,13)9-8-11-6-4-3-5-7-11/h6,10,13-14H,3-5,7H2,1-2H3. The fraction of sp³-hybridized carbons (Fsp3) is 0.667. The van der Waals surface area contributed by atoms with Crippen LogP contribution in [0.1, 0.15) is 39.5 Å². The molecule has 0 aromatic rings. The maximum atomic E-state index is 9.85. The summed E-state index contributed by atoms with van der Waals surface area (Å²) in [5.74, 6) is 5.94. The molecule has 0 aromatic heterocycles. The Hall–Kier alpha value is -0.390. The molecule has 0 amide bonds. The number of rotatable bonds is 1. The summed E-state index contributed by atoms with van der Waals surface area (Å²) in [5, 5.41) is 9.72. The van der Waals surface area contributed by atoms with Crippen molar-refractivity contribution in [1.29, 1.82) is 0 Å². The van der Waals surface area contributed by atoms with E-state index in [1.807, 2.05) is 6.92 Å². The number of hydrogen-bond donors (Lipinski definition) is 2. The summed E-state index contributed by atoms with van der Waals surface area (Å²) in [6, 6.07) is 0. The van der Waals surface area contributed by atoms with E-state index in [-0.39, 0.29) is 5.25 Å². The summed E-state index contributed by atoms with van der Waals surface area (Å²) in [5.41, 5.74) is 0.187. The van der Waals surface area contributed by atoms with Crippen molar-refractivity contribution >= 4 is 12.6 Å². The predicted octanol–water partition coefficient (Wildman–Crippen LogP) is 2.56. The van der Waals surface area contributed by atoms with Gasteiger partial charge >= 0.3 is 0 Å². The second-order valence-corrected chi connectivity index (χ2v) is 4.82. The second-order valence-electron chi connectivity index (χ2n) is 4.05. The summed E-state index contributed by atoms with van der Waals surface area (Å²) >= 11 is 4.20. The predicted molar refractivity (Wildman–Crippen MR) is 63.4 cm³/mol. The van der Waals surface area contributed by atoms with Crippen molar-refractivity contribution < 1.29 is 5.11 Å². The van der Waals surface area contributed by atoms with Crippen molar-refractivity contribution in [3.05, 3.63) is 11.6 Å². The van der Waals surface area contributed by atoms with E-state index in [9.17, 15) is 5.11 Å². The number of hydrogen-bond acceptors (Lipinski definition) is 2. The SMILES string of the molecule is CC(S)C(C)(O)C#CC1=CCCCC1. The van der Waals surface area contributed by atoms with Gasteiger partial charge in [0.05, 0.1) is 0 Å². The van der Waals surface area contributed by atoms with Gasteiger partial charge in [0.15, 0.2) is 0 Å². The van der Waals surface area contributed by atoms with E-state index in [1.54, 1.807) is 6.92 Å². The molecule has 1 aliphatic rings. The lowest BCUT2D eigenvalue weighted by atomic mass is 9.98. The minimum atomic E-state index is -0.985. The average molecular weight is 210 g/mol. The van der Waals surface area contributed by atoms with Crippen molar-refractivity contribution in [2.45, 2.75) is 50.4 Å². The van der Waals surface area contributed by atoms with Gasteiger partial charge in [-0.25, -0.2) is 0 Å². The van der Waals surface area contributed by atoms with Gasteiger partial charge in [-0.2, -0.15) is 12.6 Å². The fourth-order valence-corrected chi connectivity index (χ4v) is 1.33. The Balaban J connectivity index is 2.66. The maximum Gasteiger partial charge on any atom is 0.134 e. The molecule has 0 heterocycles. The molecule has 0 spiro atoms. The van der Waals surface area contributed by atoms with Crippen molar-refractivity contribution in [3.63, 3.8) is 0 Å². The van der Waals surface area contributed by atoms with E-state index in [0.717, 1.165) is 12.8 Å². The lowest BCUT2D eigenvalue weighted by molar-refractivity contribution is 0.124. The largest absolute Gasteiger partial charge is 0.377 e. The Labute approximate surface area is 92.0 Å². The Morgan fingerprint density at radius 3 is 2.79 bits per heavy atom. The summed E-state index contributed by atoms with van der Waals surface area (Å²) < 4.78 is 0. The first-order chi connectivity index (χ1) is 6.52. The van der Waals surface area contributed by atoms with Crippen LogP contribution in [0.25, 0.3) is 0 Å². The first-order valence-corrected chi connectivity index (χ1v) is 5.66. The molecule has 0 aliphatic heterocycles. The normalized spacial score (nSPS) is 22.7. The van der Waals surface area contributed by atoms with Crippen molar-refractivity contribution in [2.24, 2.45) is 0 Å². The van der Waals surface area contributed by atoms with Crippen molar-refractivity contribution in [3.8, 4) is 11.8 Å². The molecule has 14 heavy (non-hydrogen) atoms. The number of thiol groups is 1. The Kier molecular flexibility index (Phi) is 4.10. The van der Waals surface area contributed by atoms with E-state index in [0.29, 0.717) is 0 Å². The summed E-state index contributed by atoms with van der Waals surface area (Å²) in [7, 11) is 0. The zero-order valence-corrected chi connectivity index (χ0v) is 9.77. The van der Waals surface area contributed by atoms with Gasteiger partial charge in [0.1, 0.15) is 5.60 Å². The van der Waals surface area contributed by atoms with Crippen LogP contribution in [0.3, 0.4) is 0 Å². The highest BCUT2D eigenvalue weighted by atomic mass is 32.1. The van der Waals surface area contributed by atoms with Crippen LogP contribution < -0.4 is 0 Å². The number of aliphatic hydroxyl groups is 1. The molecule has 2 atom stereocenters. The molecule has 1 N–H and O–H groups in total. The van der Waals surface area contributed by atoms with Crippen LogP contribution in [-0.2, 0) is 0 Å². The van der Waals surface area contributed by atoms with Crippen LogP contribution in [0.4, 0.5) is 0 Å². The maximum absolute atomic E-state index is 9.85. The highest BCUT2D eigenvalue weighted by Gasteiger charge is 2.22. The van der Waals surface area contributed by atoms with Crippen LogP contribution in [0, 0.1) is 11.8 Å². The monoisotopic (exact) mass is 210 g/mol. The summed E-state index contributed by atoms with van der Waals surface area (Å²) in [6.07, 6.45) is 6.85. The molecule has 0 aromatic carbocycles. The molecule has 0 saturated carbocycles. The third-order valence-electron chi connectivity index (χ3n) is 2.58. The van der Waals surface area contributed by atoms with E-state index >= 15 is 0 Å². The lowest BCUT2D eigenvalue weighted by Gasteiger charge is -2.20. The van der Waals surface area contributed by atoms with Gasteiger partial charge in [-0.3, -0.25) is 0 Å². The zero-order valence-electron chi connectivity index (χ0n) is 8.88. The molecular weight excluding hydrogens is 192 g/mol. The minimum Gasteiger partial charge on any atom is -0.377 e. The first-order valence-electron chi connectivity index (χ1n) is 5.15. The molecule has 2 unspecified atom stereocenters. The third-order valence-corrected chi connectivity index (χ3v) is 3.08. The molecule has 0 radical (unpaired) electrons. The highest BCUT2D eigenvalue weighted by molar-refractivity contribution is 7.81. The van der Waals surface area contributed by atoms with Crippen LogP contribution in [0.2, 0.25) is 0 Å². The fourth-order valence-electron chi connectivity index (χ4n) is 1.26. The van der Waals surface area contributed by atoms with Crippen molar-refractivity contribution in [1.82, 2.24) is 0 Å². The van der Waals surface area contributed by atoms with E-state index in [4.69, 9.17) is 0 Å². The molecule has 0 fully saturated rings. The molecule has 1 rings (SSSR count). The van der Waals surface area contributed by atoms with Gasteiger partial charge in [0.25, 0.3) is 0 Å². The van der Waals surface area contributed by atoms with Crippen LogP contribution in [-0.4, -0.2) is 16.0 Å². The summed E-state index contributed by atoms with van der Waals surface area (Å²) in [6.45, 7) is 3.56. The van der Waals surface area contributed by atoms with Gasteiger partial charge in [0.2, 0.25) is 0 Å². The van der Waals surface area contributed by atoms with E-state index < -0.39 is 5.60 Å². The Morgan fingerprint density at radius 2 is 2.29 bits per heavy atom. The summed E-state index contributed by atoms with van der Waals surface area (Å²) in [4.78, 5) is 0. The van der Waals surface area contributed by atoms with Gasteiger partial charge in [-0.05, 0) is 45.1 Å². The molecular formula is C12H18OS. The van der Waals surface area contributed by atoms with Crippen molar-refractivity contribution in [2.75, 3.05) is 0 Å². The van der Waals surface area contributed by atoms with E-state index in [2.05, 4.69) is 30.5 Å². The molecule has 0 saturated heterocycles. The molecule has 1 nitrogen and oxygen atoms in total.